The van der Waals surface area contributed by atoms with Crippen molar-refractivity contribution in [3.05, 3.63) is 47.5 Å². The third-order valence-electron chi connectivity index (χ3n) is 2.80. The number of amides is 1. The largest absolute Gasteiger partial charge is 0.444 e. The summed E-state index contributed by atoms with van der Waals surface area (Å²) in [6.07, 6.45) is -0.697. The van der Waals surface area contributed by atoms with E-state index in [9.17, 15) is 4.79 Å². The quantitative estimate of drug-likeness (QED) is 0.935. The van der Waals surface area contributed by atoms with E-state index in [1.807, 2.05) is 57.2 Å². The van der Waals surface area contributed by atoms with Crippen molar-refractivity contribution >= 4 is 12.0 Å². The summed E-state index contributed by atoms with van der Waals surface area (Å²) in [5.74, 6) is 0.382. The molecule has 0 unspecified atom stereocenters. The molecule has 1 heterocycles. The normalized spacial score (nSPS) is 10.8. The molecule has 0 fully saturated rings. The highest BCUT2D eigenvalue weighted by molar-refractivity contribution is 5.84. The zero-order valence-electron chi connectivity index (χ0n) is 12.7. The highest BCUT2D eigenvalue weighted by atomic mass is 16.6. The number of hydrogen-bond donors (Lipinski definition) is 1. The Bertz CT molecular complexity index is 694. The van der Waals surface area contributed by atoms with E-state index in [0.29, 0.717) is 5.89 Å². The van der Waals surface area contributed by atoms with Gasteiger partial charge in [-0.3, -0.25) is 5.32 Å². The molecule has 0 saturated heterocycles. The summed E-state index contributed by atoms with van der Waals surface area (Å²) in [5.41, 5.74) is 0.534. The Hall–Kier alpha value is -2.81. The summed E-state index contributed by atoms with van der Waals surface area (Å²) in [6, 6.07) is 11.2. The van der Waals surface area contributed by atoms with E-state index in [1.54, 1.807) is 0 Å². The van der Waals surface area contributed by atoms with Gasteiger partial charge in [0.15, 0.2) is 0 Å². The minimum Gasteiger partial charge on any atom is -0.444 e. The number of rotatable bonds is 3. The number of oxazole rings is 1. The van der Waals surface area contributed by atoms with E-state index < -0.39 is 6.09 Å². The molecule has 0 aliphatic heterocycles. The van der Waals surface area contributed by atoms with E-state index in [4.69, 9.17) is 14.4 Å². The summed E-state index contributed by atoms with van der Waals surface area (Å²) in [7, 11) is 0. The van der Waals surface area contributed by atoms with E-state index in [2.05, 4.69) is 10.3 Å². The zero-order valence-corrected chi connectivity index (χ0v) is 12.7. The molecule has 0 bridgehead atoms. The van der Waals surface area contributed by atoms with Crippen LogP contribution in [0.2, 0.25) is 0 Å². The molecule has 1 aromatic carbocycles. The monoisotopic (exact) mass is 299 g/mol. The highest BCUT2D eigenvalue weighted by Gasteiger charge is 2.24. The third-order valence-corrected chi connectivity index (χ3v) is 2.80. The number of nitriles is 1. The van der Waals surface area contributed by atoms with Crippen molar-refractivity contribution in [2.75, 3.05) is 5.32 Å². The number of carbonyl (C=O) groups is 1. The molecule has 0 saturated carbocycles. The minimum atomic E-state index is -0.697. The van der Waals surface area contributed by atoms with Crippen molar-refractivity contribution < 1.29 is 13.9 Å². The van der Waals surface area contributed by atoms with Gasteiger partial charge in [-0.15, -0.1) is 0 Å². The summed E-state index contributed by atoms with van der Waals surface area (Å²) < 4.78 is 10.5. The smallest absolute Gasteiger partial charge is 0.414 e. The Morgan fingerprint density at radius 3 is 2.64 bits per heavy atom. The Balaban J connectivity index is 2.02. The third kappa shape index (κ3) is 3.85. The lowest BCUT2D eigenvalue weighted by Gasteiger charge is -2.12. The van der Waals surface area contributed by atoms with Gasteiger partial charge in [0.25, 0.3) is 0 Å². The van der Waals surface area contributed by atoms with Crippen LogP contribution in [0.15, 0.2) is 34.7 Å². The van der Waals surface area contributed by atoms with Gasteiger partial charge >= 0.3 is 6.09 Å². The predicted molar refractivity (Wildman–Crippen MR) is 80.2 cm³/mol. The van der Waals surface area contributed by atoms with E-state index in [-0.39, 0.29) is 23.6 Å². The second-order valence-corrected chi connectivity index (χ2v) is 5.75. The van der Waals surface area contributed by atoms with Crippen LogP contribution in [-0.2, 0) is 16.8 Å². The van der Waals surface area contributed by atoms with Gasteiger partial charge in [-0.1, -0.05) is 51.1 Å². The van der Waals surface area contributed by atoms with Crippen molar-refractivity contribution in [2.24, 2.45) is 0 Å². The Labute approximate surface area is 128 Å². The maximum absolute atomic E-state index is 11.8. The van der Waals surface area contributed by atoms with Crippen LogP contribution < -0.4 is 5.32 Å². The molecule has 0 spiro atoms. The van der Waals surface area contributed by atoms with Gasteiger partial charge in [-0.05, 0) is 5.56 Å². The van der Waals surface area contributed by atoms with Gasteiger partial charge in [0.2, 0.25) is 17.5 Å². The van der Waals surface area contributed by atoms with Gasteiger partial charge in [0.05, 0.1) is 0 Å². The molecule has 6 nitrogen and oxygen atoms in total. The minimum absolute atomic E-state index is 0.00508. The first kappa shape index (κ1) is 15.6. The SMILES string of the molecule is CC(C)(C)c1nc(C#N)c(NC(=O)OCc2ccccc2)o1. The maximum atomic E-state index is 11.8. The summed E-state index contributed by atoms with van der Waals surface area (Å²) >= 11 is 0. The van der Waals surface area contributed by atoms with Crippen LogP contribution in [0.25, 0.3) is 0 Å². The number of nitrogens with zero attached hydrogens (tertiary/aromatic N) is 2. The van der Waals surface area contributed by atoms with Crippen molar-refractivity contribution in [1.29, 1.82) is 5.26 Å². The molecule has 0 aliphatic carbocycles. The topological polar surface area (TPSA) is 88.2 Å². The first-order chi connectivity index (χ1) is 10.4. The predicted octanol–water partition coefficient (Wildman–Crippen LogP) is 3.59. The molecule has 0 aliphatic rings. The lowest BCUT2D eigenvalue weighted by Crippen LogP contribution is -2.14. The van der Waals surface area contributed by atoms with Crippen LogP contribution >= 0.6 is 0 Å². The van der Waals surface area contributed by atoms with Crippen LogP contribution in [0.4, 0.5) is 10.7 Å². The van der Waals surface area contributed by atoms with Gasteiger partial charge in [-0.2, -0.15) is 10.2 Å². The van der Waals surface area contributed by atoms with Crippen molar-refractivity contribution in [2.45, 2.75) is 32.8 Å². The molecular weight excluding hydrogens is 282 g/mol. The van der Waals surface area contributed by atoms with Crippen molar-refractivity contribution in [3.8, 4) is 6.07 Å². The van der Waals surface area contributed by atoms with E-state index >= 15 is 0 Å². The molecule has 6 heteroatoms. The molecule has 22 heavy (non-hydrogen) atoms. The Morgan fingerprint density at radius 2 is 2.05 bits per heavy atom. The number of hydrogen-bond acceptors (Lipinski definition) is 5. The zero-order chi connectivity index (χ0) is 16.2. The van der Waals surface area contributed by atoms with Crippen molar-refractivity contribution in [3.63, 3.8) is 0 Å². The lowest BCUT2D eigenvalue weighted by atomic mass is 9.97. The number of ether oxygens (including phenoxy) is 1. The fourth-order valence-electron chi connectivity index (χ4n) is 1.65. The van der Waals surface area contributed by atoms with Crippen LogP contribution in [0.3, 0.4) is 0 Å². The van der Waals surface area contributed by atoms with Gasteiger partial charge in [0.1, 0.15) is 12.7 Å². The number of nitrogens with one attached hydrogen (secondary N) is 1. The fraction of sp³-hybridized carbons (Fsp3) is 0.312. The molecule has 0 radical (unpaired) electrons. The van der Waals surface area contributed by atoms with E-state index in [0.717, 1.165) is 5.56 Å². The van der Waals surface area contributed by atoms with Gasteiger partial charge in [-0.25, -0.2) is 4.79 Å². The first-order valence-electron chi connectivity index (χ1n) is 6.79. The Morgan fingerprint density at radius 1 is 1.36 bits per heavy atom. The number of carbonyl (C=O) groups excluding carboxylic acids is 1. The molecule has 2 rings (SSSR count). The molecule has 1 aromatic heterocycles. The second-order valence-electron chi connectivity index (χ2n) is 5.75. The van der Waals surface area contributed by atoms with Gasteiger partial charge < -0.3 is 9.15 Å². The molecular formula is C16H17N3O3. The highest BCUT2D eigenvalue weighted by Crippen LogP contribution is 2.26. The fourth-order valence-corrected chi connectivity index (χ4v) is 1.65. The van der Waals surface area contributed by atoms with Crippen molar-refractivity contribution in [1.82, 2.24) is 4.98 Å². The standard InChI is InChI=1S/C16H17N3O3/c1-16(2,3)14-18-12(9-17)13(22-14)19-15(20)21-10-11-7-5-4-6-8-11/h4-8H,10H2,1-3H3,(H,19,20). The summed E-state index contributed by atoms with van der Waals surface area (Å²) in [6.45, 7) is 5.83. The maximum Gasteiger partial charge on any atom is 0.414 e. The first-order valence-corrected chi connectivity index (χ1v) is 6.79. The number of anilines is 1. The Kier molecular flexibility index (Phi) is 4.47. The summed E-state index contributed by atoms with van der Waals surface area (Å²) in [4.78, 5) is 15.9. The average molecular weight is 299 g/mol. The molecule has 1 N–H and O–H groups in total. The molecule has 0 atom stereocenters. The molecule has 2 aromatic rings. The molecule has 114 valence electrons. The average Bonchev–Trinajstić information content (AvgIpc) is 2.89. The van der Waals surface area contributed by atoms with Crippen LogP contribution in [0.5, 0.6) is 0 Å². The number of benzene rings is 1. The second kappa shape index (κ2) is 6.31. The number of aromatic nitrogens is 1. The lowest BCUT2D eigenvalue weighted by molar-refractivity contribution is 0.154. The molecule has 1 amide bonds. The van der Waals surface area contributed by atoms with Crippen LogP contribution in [0.1, 0.15) is 37.9 Å². The van der Waals surface area contributed by atoms with Crippen LogP contribution in [0, 0.1) is 11.3 Å². The van der Waals surface area contributed by atoms with E-state index in [1.165, 1.54) is 0 Å². The van der Waals surface area contributed by atoms with Crippen LogP contribution in [-0.4, -0.2) is 11.1 Å². The van der Waals surface area contributed by atoms with Gasteiger partial charge in [0, 0.05) is 5.41 Å². The summed E-state index contributed by atoms with van der Waals surface area (Å²) in [5, 5.41) is 11.5.